The molecule has 0 radical (unpaired) electrons. The summed E-state index contributed by atoms with van der Waals surface area (Å²) < 4.78 is 33.0. The van der Waals surface area contributed by atoms with E-state index in [-0.39, 0.29) is 28.8 Å². The fraction of sp³-hybridized carbons (Fsp3) is 0.200. The number of hydrogen-bond acceptors (Lipinski definition) is 6. The van der Waals surface area contributed by atoms with Crippen LogP contribution in [0.1, 0.15) is 5.56 Å². The molecule has 0 saturated heterocycles. The zero-order valence-electron chi connectivity index (χ0n) is 13.1. The minimum absolute atomic E-state index is 0.0649. The topological polar surface area (TPSA) is 104 Å². The van der Waals surface area contributed by atoms with E-state index in [2.05, 4.69) is 31.0 Å². The van der Waals surface area contributed by atoms with E-state index >= 15 is 0 Å². The predicted molar refractivity (Wildman–Crippen MR) is 98.3 cm³/mol. The highest BCUT2D eigenvalue weighted by Gasteiger charge is 2.22. The highest BCUT2D eigenvalue weighted by molar-refractivity contribution is 9.10. The molecule has 1 aromatic heterocycles. The molecule has 0 spiro atoms. The van der Waals surface area contributed by atoms with Crippen molar-refractivity contribution in [1.29, 1.82) is 5.26 Å². The Kier molecular flexibility index (Phi) is 6.61. The van der Waals surface area contributed by atoms with Crippen LogP contribution in [0, 0.1) is 11.3 Å². The van der Waals surface area contributed by atoms with Crippen molar-refractivity contribution < 1.29 is 13.2 Å². The third kappa shape index (κ3) is 4.83. The summed E-state index contributed by atoms with van der Waals surface area (Å²) in [5.74, 6) is 0.564. The number of benzene rings is 1. The molecule has 2 aromatic rings. The number of aromatic nitrogens is 1. The van der Waals surface area contributed by atoms with Gasteiger partial charge in [0, 0.05) is 24.3 Å². The maximum Gasteiger partial charge on any atom is 0.244 e. The van der Waals surface area contributed by atoms with Gasteiger partial charge in [-0.15, -0.1) is 0 Å². The van der Waals surface area contributed by atoms with Crippen LogP contribution < -0.4 is 14.8 Å². The highest BCUT2D eigenvalue weighted by Crippen LogP contribution is 2.35. The minimum Gasteiger partial charge on any atom is -0.494 e. The van der Waals surface area contributed by atoms with Crippen molar-refractivity contribution in [3.05, 3.63) is 45.5 Å². The van der Waals surface area contributed by atoms with Crippen LogP contribution in [0.25, 0.3) is 0 Å². The van der Waals surface area contributed by atoms with E-state index in [0.29, 0.717) is 15.9 Å². The lowest BCUT2D eigenvalue weighted by Crippen LogP contribution is -2.29. The van der Waals surface area contributed by atoms with Crippen molar-refractivity contribution in [2.75, 3.05) is 25.5 Å². The van der Waals surface area contributed by atoms with Crippen LogP contribution in [0.5, 0.6) is 5.75 Å². The van der Waals surface area contributed by atoms with Crippen LogP contribution in [-0.4, -0.2) is 33.6 Å². The molecule has 0 unspecified atom stereocenters. The van der Waals surface area contributed by atoms with Gasteiger partial charge in [-0.05, 0) is 40.2 Å². The van der Waals surface area contributed by atoms with Gasteiger partial charge in [0.25, 0.3) is 0 Å². The third-order valence-corrected chi connectivity index (χ3v) is 5.38. The van der Waals surface area contributed by atoms with E-state index in [4.69, 9.17) is 21.6 Å². The van der Waals surface area contributed by atoms with Gasteiger partial charge in [-0.1, -0.05) is 11.6 Å². The summed E-state index contributed by atoms with van der Waals surface area (Å²) in [6, 6.07) is 8.13. The van der Waals surface area contributed by atoms with Crippen LogP contribution in [-0.2, 0) is 10.0 Å². The SMILES string of the molecule is COc1c(Br)cc(Cl)cc1S(=O)(=O)NCCNc1ncccc1C#N. The van der Waals surface area contributed by atoms with Gasteiger partial charge in [0.2, 0.25) is 10.0 Å². The number of nitrogens with one attached hydrogen (secondary N) is 2. The smallest absolute Gasteiger partial charge is 0.244 e. The van der Waals surface area contributed by atoms with Crippen molar-refractivity contribution in [2.24, 2.45) is 0 Å². The van der Waals surface area contributed by atoms with Crippen LogP contribution in [0.15, 0.2) is 39.8 Å². The Labute approximate surface area is 159 Å². The Morgan fingerprint density at radius 1 is 1.40 bits per heavy atom. The quantitative estimate of drug-likeness (QED) is 0.635. The molecule has 0 aliphatic rings. The highest BCUT2D eigenvalue weighted by atomic mass is 79.9. The predicted octanol–water partition coefficient (Wildman–Crippen LogP) is 2.77. The number of pyridine rings is 1. The molecular weight excluding hydrogens is 432 g/mol. The van der Waals surface area contributed by atoms with E-state index in [9.17, 15) is 8.42 Å². The molecule has 0 fully saturated rings. The standard InChI is InChI=1S/C15H14BrClN4O3S/c1-24-14-12(16)7-11(17)8-13(14)25(22,23)21-6-5-20-15-10(9-18)3-2-4-19-15/h2-4,7-8,21H,5-6H2,1H3,(H,19,20). The molecule has 1 heterocycles. The van der Waals surface area contributed by atoms with Crippen LogP contribution >= 0.6 is 27.5 Å². The number of anilines is 1. The first kappa shape index (κ1) is 19.5. The van der Waals surface area contributed by atoms with Crippen molar-refractivity contribution in [2.45, 2.75) is 4.90 Å². The van der Waals surface area contributed by atoms with Gasteiger partial charge in [0.05, 0.1) is 17.1 Å². The summed E-state index contributed by atoms with van der Waals surface area (Å²) in [6.07, 6.45) is 1.54. The molecule has 0 amide bonds. The van der Waals surface area contributed by atoms with Crippen LogP contribution in [0.2, 0.25) is 5.02 Å². The number of methoxy groups -OCH3 is 1. The van der Waals surface area contributed by atoms with Crippen molar-refractivity contribution in [3.8, 4) is 11.8 Å². The summed E-state index contributed by atoms with van der Waals surface area (Å²) in [7, 11) is -2.46. The lowest BCUT2D eigenvalue weighted by atomic mass is 10.3. The summed E-state index contributed by atoms with van der Waals surface area (Å²) in [6.45, 7) is 0.325. The molecule has 7 nitrogen and oxygen atoms in total. The van der Waals surface area contributed by atoms with E-state index in [1.165, 1.54) is 13.2 Å². The average Bonchev–Trinajstić information content (AvgIpc) is 2.58. The Hall–Kier alpha value is -1.86. The Bertz CT molecular complexity index is 915. The molecule has 1 aromatic carbocycles. The first-order chi connectivity index (χ1) is 11.9. The summed E-state index contributed by atoms with van der Waals surface area (Å²) in [5.41, 5.74) is 0.380. The van der Waals surface area contributed by atoms with Gasteiger partial charge in [-0.2, -0.15) is 5.26 Å². The maximum absolute atomic E-state index is 12.5. The van der Waals surface area contributed by atoms with Gasteiger partial charge in [0.1, 0.15) is 16.8 Å². The molecule has 2 rings (SSSR count). The zero-order chi connectivity index (χ0) is 18.4. The second kappa shape index (κ2) is 8.49. The fourth-order valence-corrected chi connectivity index (χ4v) is 4.43. The van der Waals surface area contributed by atoms with Crippen LogP contribution in [0.3, 0.4) is 0 Å². The number of rotatable bonds is 7. The van der Waals surface area contributed by atoms with E-state index in [0.717, 1.165) is 0 Å². The lowest BCUT2D eigenvalue weighted by Gasteiger charge is -2.13. The van der Waals surface area contributed by atoms with E-state index < -0.39 is 10.0 Å². The Balaban J connectivity index is 2.07. The van der Waals surface area contributed by atoms with Gasteiger partial charge in [0.15, 0.2) is 5.75 Å². The average molecular weight is 446 g/mol. The maximum atomic E-state index is 12.5. The summed E-state index contributed by atoms with van der Waals surface area (Å²) >= 11 is 9.16. The zero-order valence-corrected chi connectivity index (χ0v) is 16.2. The minimum atomic E-state index is -3.83. The third-order valence-electron chi connectivity index (χ3n) is 3.11. The summed E-state index contributed by atoms with van der Waals surface area (Å²) in [4.78, 5) is 3.97. The van der Waals surface area contributed by atoms with E-state index in [1.54, 1.807) is 24.4 Å². The van der Waals surface area contributed by atoms with Crippen molar-refractivity contribution in [3.63, 3.8) is 0 Å². The number of sulfonamides is 1. The normalized spacial score (nSPS) is 11.0. The molecule has 25 heavy (non-hydrogen) atoms. The summed E-state index contributed by atoms with van der Waals surface area (Å²) in [5, 5.41) is 12.2. The van der Waals surface area contributed by atoms with Gasteiger partial charge in [-0.25, -0.2) is 18.1 Å². The van der Waals surface area contributed by atoms with Gasteiger partial charge >= 0.3 is 0 Å². The molecule has 0 aliphatic carbocycles. The monoisotopic (exact) mass is 444 g/mol. The molecule has 0 bridgehead atoms. The molecule has 132 valence electrons. The fourth-order valence-electron chi connectivity index (χ4n) is 2.01. The molecule has 0 aliphatic heterocycles. The Morgan fingerprint density at radius 3 is 2.84 bits per heavy atom. The first-order valence-electron chi connectivity index (χ1n) is 7.00. The molecular formula is C15H14BrClN4O3S. The number of halogens is 2. The van der Waals surface area contributed by atoms with Gasteiger partial charge in [-0.3, -0.25) is 0 Å². The molecule has 2 N–H and O–H groups in total. The van der Waals surface area contributed by atoms with Crippen LogP contribution in [0.4, 0.5) is 5.82 Å². The second-order valence-electron chi connectivity index (χ2n) is 4.75. The second-order valence-corrected chi connectivity index (χ2v) is 7.78. The number of nitriles is 1. The molecule has 10 heteroatoms. The molecule has 0 atom stereocenters. The lowest BCUT2D eigenvalue weighted by molar-refractivity contribution is 0.399. The van der Waals surface area contributed by atoms with E-state index in [1.807, 2.05) is 6.07 Å². The van der Waals surface area contributed by atoms with Gasteiger partial charge < -0.3 is 10.1 Å². The molecule has 0 saturated carbocycles. The largest absolute Gasteiger partial charge is 0.494 e. The Morgan fingerprint density at radius 2 is 2.16 bits per heavy atom. The number of ether oxygens (including phenoxy) is 1. The van der Waals surface area contributed by atoms with Crippen molar-refractivity contribution in [1.82, 2.24) is 9.71 Å². The number of nitrogens with zero attached hydrogens (tertiary/aromatic N) is 2. The number of hydrogen-bond donors (Lipinski definition) is 2. The van der Waals surface area contributed by atoms with Crippen molar-refractivity contribution >= 4 is 43.4 Å². The first-order valence-corrected chi connectivity index (χ1v) is 9.66.